The Kier molecular flexibility index (Phi) is 5.47. The number of benzene rings is 4. The van der Waals surface area contributed by atoms with Gasteiger partial charge in [0.2, 0.25) is 5.91 Å². The van der Waals surface area contributed by atoms with E-state index in [0.717, 1.165) is 39.2 Å². The van der Waals surface area contributed by atoms with Crippen LogP contribution >= 0.6 is 15.9 Å². The number of carbonyl (C=O) groups excluding carboxylic acids is 2. The minimum Gasteiger partial charge on any atom is -0.324 e. The molecule has 2 saturated heterocycles. The molecule has 0 aromatic heterocycles. The van der Waals surface area contributed by atoms with E-state index >= 15 is 0 Å². The number of amides is 1. The van der Waals surface area contributed by atoms with Crippen LogP contribution in [0.2, 0.25) is 0 Å². The van der Waals surface area contributed by atoms with E-state index < -0.39 is 16.4 Å². The molecule has 8 heteroatoms. The number of nitrogens with one attached hydrogen (secondary N) is 1. The second kappa shape index (κ2) is 8.83. The van der Waals surface area contributed by atoms with Crippen molar-refractivity contribution >= 4 is 49.8 Å². The molecule has 7 nitrogen and oxygen atoms in total. The Morgan fingerprint density at radius 2 is 1.79 bits per heavy atom. The van der Waals surface area contributed by atoms with Gasteiger partial charge in [-0.15, -0.1) is 0 Å². The van der Waals surface area contributed by atoms with Crippen molar-refractivity contribution < 1.29 is 14.5 Å². The largest absolute Gasteiger partial charge is 0.324 e. The Hall–Kier alpha value is -3.88. The van der Waals surface area contributed by atoms with Crippen LogP contribution in [0.4, 0.5) is 11.4 Å². The van der Waals surface area contributed by atoms with E-state index in [-0.39, 0.29) is 29.3 Å². The third kappa shape index (κ3) is 3.38. The number of fused-ring (bicyclic) bond motifs is 5. The summed E-state index contributed by atoms with van der Waals surface area (Å²) in [7, 11) is 0. The zero-order valence-corrected chi connectivity index (χ0v) is 22.4. The lowest BCUT2D eigenvalue weighted by Crippen LogP contribution is -2.52. The first-order valence-corrected chi connectivity index (χ1v) is 13.8. The number of Topliss-reactive ketones (excluding diaryl/α,β-unsaturated/α-hetero) is 1. The number of hydrogen-bond donors (Lipinski definition) is 1. The van der Waals surface area contributed by atoms with Crippen molar-refractivity contribution in [2.75, 3.05) is 11.9 Å². The fraction of sp³-hybridized carbons (Fsp3) is 0.226. The van der Waals surface area contributed by atoms with Gasteiger partial charge in [0.05, 0.1) is 10.8 Å². The maximum atomic E-state index is 14.9. The molecule has 4 aromatic carbocycles. The van der Waals surface area contributed by atoms with Crippen LogP contribution in [0.3, 0.4) is 0 Å². The number of nitrogens with zero attached hydrogens (tertiary/aromatic N) is 2. The number of hydrogen-bond acceptors (Lipinski definition) is 5. The zero-order chi connectivity index (χ0) is 26.9. The molecule has 3 aliphatic heterocycles. The number of ketones is 1. The summed E-state index contributed by atoms with van der Waals surface area (Å²) in [5.74, 6) is -1.33. The van der Waals surface area contributed by atoms with Crippen LogP contribution in [-0.2, 0) is 10.3 Å². The minimum atomic E-state index is -1.19. The van der Waals surface area contributed by atoms with E-state index in [4.69, 9.17) is 0 Å². The normalized spacial score (nSPS) is 25.6. The molecule has 0 bridgehead atoms. The van der Waals surface area contributed by atoms with Crippen LogP contribution < -0.4 is 5.32 Å². The molecular weight excluding hydrogens is 558 g/mol. The van der Waals surface area contributed by atoms with Crippen molar-refractivity contribution in [1.29, 1.82) is 0 Å². The van der Waals surface area contributed by atoms with E-state index in [1.54, 1.807) is 12.1 Å². The van der Waals surface area contributed by atoms with Crippen molar-refractivity contribution in [3.05, 3.63) is 116 Å². The lowest BCUT2D eigenvalue weighted by atomic mass is 9.68. The molecule has 2 fully saturated rings. The monoisotopic (exact) mass is 581 g/mol. The number of nitro benzene ring substituents is 1. The van der Waals surface area contributed by atoms with Crippen LogP contribution in [0.15, 0.2) is 89.4 Å². The van der Waals surface area contributed by atoms with Gasteiger partial charge in [0.25, 0.3) is 5.69 Å². The SMILES string of the molecule is O=C(c1cccc2ccccc12)C1C(c2ccc([N+](=O)[O-])cc2)C2CCCN2[C@@]12C(=O)Nc1ccc(Br)cc12. The fourth-order valence-electron chi connectivity index (χ4n) is 7.33. The lowest BCUT2D eigenvalue weighted by molar-refractivity contribution is -0.384. The molecule has 3 unspecified atom stereocenters. The first-order chi connectivity index (χ1) is 18.9. The Balaban J connectivity index is 1.50. The van der Waals surface area contributed by atoms with Crippen LogP contribution in [0.1, 0.15) is 40.2 Å². The highest BCUT2D eigenvalue weighted by atomic mass is 79.9. The van der Waals surface area contributed by atoms with Gasteiger partial charge in [-0.3, -0.25) is 24.6 Å². The summed E-state index contributed by atoms with van der Waals surface area (Å²) in [6.45, 7) is 0.687. The summed E-state index contributed by atoms with van der Waals surface area (Å²) >= 11 is 3.60. The number of halogens is 1. The van der Waals surface area contributed by atoms with E-state index in [2.05, 4.69) is 26.1 Å². The van der Waals surface area contributed by atoms with Crippen molar-refractivity contribution in [3.8, 4) is 0 Å². The fourth-order valence-corrected chi connectivity index (χ4v) is 7.69. The summed E-state index contributed by atoms with van der Waals surface area (Å²) < 4.78 is 0.836. The molecule has 39 heavy (non-hydrogen) atoms. The van der Waals surface area contributed by atoms with Gasteiger partial charge in [0.15, 0.2) is 5.78 Å². The maximum Gasteiger partial charge on any atom is 0.269 e. The number of carbonyl (C=O) groups is 2. The summed E-state index contributed by atoms with van der Waals surface area (Å²) in [5, 5.41) is 16.3. The van der Waals surface area contributed by atoms with Gasteiger partial charge in [-0.2, -0.15) is 0 Å². The highest BCUT2D eigenvalue weighted by Gasteiger charge is 2.69. The van der Waals surface area contributed by atoms with Gasteiger partial charge >= 0.3 is 0 Å². The molecule has 0 radical (unpaired) electrons. The van der Waals surface area contributed by atoms with Crippen LogP contribution in [0.25, 0.3) is 10.8 Å². The van der Waals surface area contributed by atoms with Gasteiger partial charge in [-0.05, 0) is 53.9 Å². The molecule has 0 aliphatic carbocycles. The Bertz CT molecular complexity index is 1680. The molecule has 7 rings (SSSR count). The summed E-state index contributed by atoms with van der Waals surface area (Å²) in [6, 6.07) is 25.7. The standard InChI is InChI=1S/C31H24BrN3O4/c32-20-12-15-25-24(17-20)31(30(37)33-25)28(29(36)23-8-3-6-18-5-1-2-7-22(18)23)27(26-9-4-16-34(26)31)19-10-13-21(14-11-19)35(38)39/h1-3,5-8,10-15,17,26-28H,4,9,16H2,(H,33,37)/t26?,27?,28?,31-/m1/s1. The Morgan fingerprint density at radius 1 is 1.03 bits per heavy atom. The second-order valence-corrected chi connectivity index (χ2v) is 11.5. The maximum absolute atomic E-state index is 14.9. The predicted molar refractivity (Wildman–Crippen MR) is 152 cm³/mol. The molecule has 4 aromatic rings. The summed E-state index contributed by atoms with van der Waals surface area (Å²) in [6.07, 6.45) is 1.74. The van der Waals surface area contributed by atoms with Crippen molar-refractivity contribution in [3.63, 3.8) is 0 Å². The number of anilines is 1. The average molecular weight is 582 g/mol. The van der Waals surface area contributed by atoms with Crippen molar-refractivity contribution in [1.82, 2.24) is 4.90 Å². The first-order valence-electron chi connectivity index (χ1n) is 13.1. The first kappa shape index (κ1) is 24.2. The molecule has 3 heterocycles. The van der Waals surface area contributed by atoms with Crippen molar-refractivity contribution in [2.45, 2.75) is 30.3 Å². The second-order valence-electron chi connectivity index (χ2n) is 10.6. The van der Waals surface area contributed by atoms with Gasteiger partial charge < -0.3 is 5.32 Å². The number of rotatable bonds is 4. The topological polar surface area (TPSA) is 92.5 Å². The molecule has 1 spiro atoms. The van der Waals surface area contributed by atoms with Gasteiger partial charge in [0, 0.05) is 45.4 Å². The number of non-ortho nitro benzene ring substituents is 1. The molecule has 194 valence electrons. The smallest absolute Gasteiger partial charge is 0.269 e. The Morgan fingerprint density at radius 3 is 2.59 bits per heavy atom. The highest BCUT2D eigenvalue weighted by molar-refractivity contribution is 9.10. The molecular formula is C31H24BrN3O4. The zero-order valence-electron chi connectivity index (χ0n) is 20.8. The van der Waals surface area contributed by atoms with Crippen LogP contribution in [0.5, 0.6) is 0 Å². The van der Waals surface area contributed by atoms with E-state index in [9.17, 15) is 19.7 Å². The predicted octanol–water partition coefficient (Wildman–Crippen LogP) is 6.42. The van der Waals surface area contributed by atoms with Gasteiger partial charge in [-0.1, -0.05) is 70.5 Å². The highest BCUT2D eigenvalue weighted by Crippen LogP contribution is 2.61. The van der Waals surface area contributed by atoms with Crippen LogP contribution in [-0.4, -0.2) is 34.1 Å². The molecule has 1 N–H and O–H groups in total. The third-order valence-electron chi connectivity index (χ3n) is 8.79. The number of nitro groups is 1. The summed E-state index contributed by atoms with van der Waals surface area (Å²) in [5.41, 5.74) is 1.75. The molecule has 3 aliphatic rings. The summed E-state index contributed by atoms with van der Waals surface area (Å²) in [4.78, 5) is 42.4. The molecule has 4 atom stereocenters. The Labute approximate surface area is 233 Å². The van der Waals surface area contributed by atoms with E-state index in [1.807, 2.05) is 60.7 Å². The third-order valence-corrected chi connectivity index (χ3v) is 9.28. The van der Waals surface area contributed by atoms with E-state index in [0.29, 0.717) is 17.8 Å². The molecule has 0 saturated carbocycles. The minimum absolute atomic E-state index is 0.000413. The average Bonchev–Trinajstić information content (AvgIpc) is 3.61. The van der Waals surface area contributed by atoms with Crippen molar-refractivity contribution in [2.24, 2.45) is 5.92 Å². The van der Waals surface area contributed by atoms with Crippen LogP contribution in [0, 0.1) is 16.0 Å². The van der Waals surface area contributed by atoms with E-state index in [1.165, 1.54) is 12.1 Å². The van der Waals surface area contributed by atoms with Gasteiger partial charge in [-0.25, -0.2) is 0 Å². The quantitative estimate of drug-likeness (QED) is 0.170. The lowest BCUT2D eigenvalue weighted by Gasteiger charge is -2.37. The van der Waals surface area contributed by atoms with Gasteiger partial charge in [0.1, 0.15) is 5.54 Å². The molecule has 1 amide bonds.